The molecule has 0 saturated carbocycles. The van der Waals surface area contributed by atoms with E-state index in [1.807, 2.05) is 46.0 Å². The van der Waals surface area contributed by atoms with Crippen molar-refractivity contribution in [2.75, 3.05) is 6.54 Å². The second-order valence-electron chi connectivity index (χ2n) is 7.54. The molecule has 3 rings (SSSR count). The molecule has 6 heteroatoms. The van der Waals surface area contributed by atoms with Crippen molar-refractivity contribution in [3.05, 3.63) is 41.5 Å². The first kappa shape index (κ1) is 17.8. The quantitative estimate of drug-likeness (QED) is 0.840. The highest BCUT2D eigenvalue weighted by Crippen LogP contribution is 2.38. The lowest BCUT2D eigenvalue weighted by Gasteiger charge is -2.32. The van der Waals surface area contributed by atoms with Gasteiger partial charge in [0.2, 0.25) is 5.91 Å². The standard InChI is InChI=1S/C19H25BN2O3/c1-13(23)22-12-16(20-24-18(2,3)19(4,5)25-20)10-14-6-7-15-8-9-21-17(15)11-14/h6-11,21H,12H2,1-5H3,(H,22,23). The summed E-state index contributed by atoms with van der Waals surface area (Å²) >= 11 is 0. The van der Waals surface area contributed by atoms with Gasteiger partial charge in [-0.15, -0.1) is 0 Å². The van der Waals surface area contributed by atoms with Crippen molar-refractivity contribution in [3.63, 3.8) is 0 Å². The van der Waals surface area contributed by atoms with Crippen LogP contribution < -0.4 is 5.32 Å². The fourth-order valence-corrected chi connectivity index (χ4v) is 2.79. The Balaban J connectivity index is 1.92. The lowest BCUT2D eigenvalue weighted by Crippen LogP contribution is -2.41. The van der Waals surface area contributed by atoms with Crippen LogP contribution in [-0.4, -0.2) is 35.8 Å². The first-order chi connectivity index (χ1) is 11.7. The Kier molecular flexibility index (Phi) is 4.52. The van der Waals surface area contributed by atoms with E-state index in [4.69, 9.17) is 9.31 Å². The molecule has 25 heavy (non-hydrogen) atoms. The summed E-state index contributed by atoms with van der Waals surface area (Å²) in [6.45, 7) is 9.98. The van der Waals surface area contributed by atoms with Crippen molar-refractivity contribution in [1.82, 2.24) is 10.3 Å². The van der Waals surface area contributed by atoms with Gasteiger partial charge in [-0.1, -0.05) is 18.2 Å². The Bertz CT molecular complexity index is 807. The van der Waals surface area contributed by atoms with Crippen LogP contribution in [0.5, 0.6) is 0 Å². The Morgan fingerprint density at radius 3 is 2.52 bits per heavy atom. The summed E-state index contributed by atoms with van der Waals surface area (Å²) in [6, 6.07) is 8.23. The summed E-state index contributed by atoms with van der Waals surface area (Å²) in [5, 5.41) is 4.02. The number of carbonyl (C=O) groups is 1. The molecule has 0 radical (unpaired) electrons. The minimum absolute atomic E-state index is 0.0813. The SMILES string of the molecule is CC(=O)NCC(=Cc1ccc2cc[nH]c2c1)B1OC(C)(C)C(C)(C)O1. The largest absolute Gasteiger partial charge is 0.492 e. The Morgan fingerprint density at radius 2 is 1.88 bits per heavy atom. The van der Waals surface area contributed by atoms with Crippen molar-refractivity contribution in [2.24, 2.45) is 0 Å². The first-order valence-electron chi connectivity index (χ1n) is 8.56. The van der Waals surface area contributed by atoms with Gasteiger partial charge in [-0.25, -0.2) is 0 Å². The maximum absolute atomic E-state index is 11.4. The van der Waals surface area contributed by atoms with Gasteiger partial charge in [-0.3, -0.25) is 4.79 Å². The molecule has 1 aliphatic rings. The third-order valence-electron chi connectivity index (χ3n) is 5.03. The molecule has 0 atom stereocenters. The number of hydrogen-bond donors (Lipinski definition) is 2. The second kappa shape index (κ2) is 6.35. The van der Waals surface area contributed by atoms with E-state index in [-0.39, 0.29) is 5.91 Å². The number of rotatable bonds is 4. The predicted molar refractivity (Wildman–Crippen MR) is 101 cm³/mol. The Morgan fingerprint density at radius 1 is 1.20 bits per heavy atom. The molecular formula is C19H25BN2O3. The molecular weight excluding hydrogens is 315 g/mol. The summed E-state index contributed by atoms with van der Waals surface area (Å²) in [7, 11) is -0.490. The molecule has 1 amide bonds. The van der Waals surface area contributed by atoms with Crippen LogP contribution in [0.15, 0.2) is 35.9 Å². The van der Waals surface area contributed by atoms with Crippen LogP contribution in [0.2, 0.25) is 0 Å². The van der Waals surface area contributed by atoms with Gasteiger partial charge >= 0.3 is 7.12 Å². The molecule has 132 valence electrons. The topological polar surface area (TPSA) is 63.4 Å². The third-order valence-corrected chi connectivity index (χ3v) is 5.03. The van der Waals surface area contributed by atoms with Crippen LogP contribution >= 0.6 is 0 Å². The van der Waals surface area contributed by atoms with Gasteiger partial charge in [0.15, 0.2) is 0 Å². The van der Waals surface area contributed by atoms with Gasteiger partial charge < -0.3 is 19.6 Å². The summed E-state index contributed by atoms with van der Waals surface area (Å²) < 4.78 is 12.3. The zero-order valence-corrected chi connectivity index (χ0v) is 15.5. The monoisotopic (exact) mass is 340 g/mol. The second-order valence-corrected chi connectivity index (χ2v) is 7.54. The minimum Gasteiger partial charge on any atom is -0.400 e. The molecule has 1 aromatic carbocycles. The predicted octanol–water partition coefficient (Wildman–Crippen LogP) is 3.32. The number of nitrogens with one attached hydrogen (secondary N) is 2. The van der Waals surface area contributed by atoms with Crippen LogP contribution in [-0.2, 0) is 14.1 Å². The van der Waals surface area contributed by atoms with E-state index in [2.05, 4.69) is 28.5 Å². The van der Waals surface area contributed by atoms with Crippen molar-refractivity contribution >= 4 is 30.0 Å². The van der Waals surface area contributed by atoms with Gasteiger partial charge in [-0.05, 0) is 56.2 Å². The molecule has 2 aromatic rings. The van der Waals surface area contributed by atoms with Crippen molar-refractivity contribution in [1.29, 1.82) is 0 Å². The summed E-state index contributed by atoms with van der Waals surface area (Å²) in [5.74, 6) is -0.0813. The molecule has 0 bridgehead atoms. The number of amides is 1. The highest BCUT2D eigenvalue weighted by molar-refractivity contribution is 6.56. The minimum atomic E-state index is -0.490. The highest BCUT2D eigenvalue weighted by Gasteiger charge is 2.52. The third kappa shape index (κ3) is 3.65. The maximum Gasteiger partial charge on any atom is 0.492 e. The van der Waals surface area contributed by atoms with E-state index in [9.17, 15) is 4.79 Å². The van der Waals surface area contributed by atoms with E-state index in [1.54, 1.807) is 0 Å². The van der Waals surface area contributed by atoms with Crippen LogP contribution in [0.3, 0.4) is 0 Å². The van der Waals surface area contributed by atoms with E-state index >= 15 is 0 Å². The zero-order valence-electron chi connectivity index (χ0n) is 15.5. The van der Waals surface area contributed by atoms with E-state index in [0.717, 1.165) is 21.9 Å². The molecule has 1 fully saturated rings. The van der Waals surface area contributed by atoms with E-state index in [1.165, 1.54) is 6.92 Å². The van der Waals surface area contributed by atoms with Gasteiger partial charge in [0.25, 0.3) is 0 Å². The molecule has 2 heterocycles. The molecule has 5 nitrogen and oxygen atoms in total. The number of aromatic nitrogens is 1. The van der Waals surface area contributed by atoms with Crippen molar-refractivity contribution in [2.45, 2.75) is 45.8 Å². The smallest absolute Gasteiger partial charge is 0.400 e. The first-order valence-corrected chi connectivity index (χ1v) is 8.56. The number of benzene rings is 1. The highest BCUT2D eigenvalue weighted by atomic mass is 16.7. The van der Waals surface area contributed by atoms with Crippen LogP contribution in [0, 0.1) is 0 Å². The fourth-order valence-electron chi connectivity index (χ4n) is 2.79. The van der Waals surface area contributed by atoms with Crippen molar-refractivity contribution in [3.8, 4) is 0 Å². The normalized spacial score (nSPS) is 19.4. The average molecular weight is 340 g/mol. The number of fused-ring (bicyclic) bond motifs is 1. The fraction of sp³-hybridized carbons (Fsp3) is 0.421. The molecule has 2 N–H and O–H groups in total. The van der Waals surface area contributed by atoms with Gasteiger partial charge in [0.1, 0.15) is 0 Å². The van der Waals surface area contributed by atoms with Crippen LogP contribution in [0.1, 0.15) is 40.2 Å². The van der Waals surface area contributed by atoms with Gasteiger partial charge in [0.05, 0.1) is 11.2 Å². The maximum atomic E-state index is 11.4. The lowest BCUT2D eigenvalue weighted by molar-refractivity contribution is -0.118. The molecule has 0 aliphatic carbocycles. The summed E-state index contributed by atoms with van der Waals surface area (Å²) in [6.07, 6.45) is 3.95. The number of carbonyl (C=O) groups excluding carboxylic acids is 1. The number of hydrogen-bond acceptors (Lipinski definition) is 3. The average Bonchev–Trinajstić information content (AvgIpc) is 3.05. The lowest BCUT2D eigenvalue weighted by atomic mass is 9.77. The number of aromatic amines is 1. The summed E-state index contributed by atoms with van der Waals surface area (Å²) in [5.41, 5.74) is 2.15. The number of H-pyrrole nitrogens is 1. The van der Waals surface area contributed by atoms with E-state index < -0.39 is 18.3 Å². The van der Waals surface area contributed by atoms with Crippen LogP contribution in [0.25, 0.3) is 17.0 Å². The molecule has 0 unspecified atom stereocenters. The molecule has 1 aromatic heterocycles. The Hall–Kier alpha value is -2.05. The molecule has 1 aliphatic heterocycles. The van der Waals surface area contributed by atoms with Crippen LogP contribution in [0.4, 0.5) is 0 Å². The van der Waals surface area contributed by atoms with Crippen molar-refractivity contribution < 1.29 is 14.1 Å². The van der Waals surface area contributed by atoms with Gasteiger partial charge in [0, 0.05) is 25.2 Å². The van der Waals surface area contributed by atoms with Gasteiger partial charge in [-0.2, -0.15) is 0 Å². The zero-order chi connectivity index (χ0) is 18.2. The molecule has 0 spiro atoms. The molecule has 1 saturated heterocycles. The Labute approximate surface area is 148 Å². The summed E-state index contributed by atoms with van der Waals surface area (Å²) in [4.78, 5) is 14.6. The van der Waals surface area contributed by atoms with E-state index in [0.29, 0.717) is 6.54 Å².